The molecule has 0 saturated carbocycles. The number of hydroxylamine groups is 2. The largest absolute Gasteiger partial charge is 0.528 e. The Labute approximate surface area is 156 Å². The highest BCUT2D eigenvalue weighted by Gasteiger charge is 2.28. The maximum absolute atomic E-state index is 12.0. The highest BCUT2D eigenvalue weighted by Crippen LogP contribution is 2.33. The second-order valence-electron chi connectivity index (χ2n) is 7.80. The number of hydrogen-bond acceptors (Lipinski definition) is 7. The summed E-state index contributed by atoms with van der Waals surface area (Å²) in [7, 11) is 0. The molecule has 0 spiro atoms. The molecular formula is C19H23N5O3. The van der Waals surface area contributed by atoms with Crippen LogP contribution >= 0.6 is 0 Å². The third-order valence-electron chi connectivity index (χ3n) is 4.59. The maximum Gasteiger partial charge on any atom is 0.528 e. The van der Waals surface area contributed by atoms with Crippen LogP contribution in [0.15, 0.2) is 24.8 Å². The molecule has 27 heavy (non-hydrogen) atoms. The number of rotatable bonds is 2. The van der Waals surface area contributed by atoms with Gasteiger partial charge in [0.25, 0.3) is 0 Å². The van der Waals surface area contributed by atoms with E-state index in [0.29, 0.717) is 18.7 Å². The molecule has 3 aromatic rings. The molecule has 4 heterocycles. The van der Waals surface area contributed by atoms with E-state index in [1.54, 1.807) is 23.8 Å². The van der Waals surface area contributed by atoms with Crippen LogP contribution in [0.2, 0.25) is 0 Å². The molecule has 4 rings (SSSR count). The van der Waals surface area contributed by atoms with Gasteiger partial charge in [-0.2, -0.15) is 0 Å². The summed E-state index contributed by atoms with van der Waals surface area (Å²) in [6, 6.07) is 1.96. The molecular weight excluding hydrogens is 346 g/mol. The van der Waals surface area contributed by atoms with Gasteiger partial charge in [-0.15, -0.1) is 5.06 Å². The van der Waals surface area contributed by atoms with E-state index in [-0.39, 0.29) is 5.92 Å². The van der Waals surface area contributed by atoms with Gasteiger partial charge in [0.2, 0.25) is 0 Å². The second-order valence-corrected chi connectivity index (χ2v) is 7.80. The Kier molecular flexibility index (Phi) is 4.43. The van der Waals surface area contributed by atoms with E-state index in [1.165, 1.54) is 0 Å². The molecule has 1 aliphatic heterocycles. The van der Waals surface area contributed by atoms with Crippen molar-refractivity contribution in [2.45, 2.75) is 45.1 Å². The van der Waals surface area contributed by atoms with Crippen LogP contribution in [0, 0.1) is 0 Å². The van der Waals surface area contributed by atoms with Crippen LogP contribution in [0.1, 0.15) is 45.2 Å². The number of hydrogen-bond donors (Lipinski definition) is 1. The van der Waals surface area contributed by atoms with Crippen molar-refractivity contribution in [1.29, 1.82) is 0 Å². The number of carbonyl (C=O) groups excluding carboxylic acids is 1. The maximum atomic E-state index is 12.0. The van der Waals surface area contributed by atoms with E-state index < -0.39 is 11.8 Å². The average Bonchev–Trinajstić information content (AvgIpc) is 3.08. The second kappa shape index (κ2) is 6.77. The molecule has 142 valence electrons. The van der Waals surface area contributed by atoms with E-state index >= 15 is 0 Å². The summed E-state index contributed by atoms with van der Waals surface area (Å²) in [6.45, 7) is 6.73. The fraction of sp³-hybridized carbons (Fsp3) is 0.474. The van der Waals surface area contributed by atoms with Gasteiger partial charge in [0.05, 0.1) is 18.0 Å². The van der Waals surface area contributed by atoms with Gasteiger partial charge >= 0.3 is 6.16 Å². The molecule has 1 fully saturated rings. The Morgan fingerprint density at radius 2 is 2.15 bits per heavy atom. The van der Waals surface area contributed by atoms with E-state index in [1.807, 2.05) is 26.8 Å². The molecule has 1 saturated heterocycles. The van der Waals surface area contributed by atoms with Crippen molar-refractivity contribution < 1.29 is 14.4 Å². The predicted octanol–water partition coefficient (Wildman–Crippen LogP) is 3.55. The van der Waals surface area contributed by atoms with Crippen molar-refractivity contribution in [3.05, 3.63) is 30.5 Å². The number of H-pyrrole nitrogens is 1. The molecule has 3 aromatic heterocycles. The number of piperidine rings is 1. The standard InChI is InChI=1S/C19H23N5O3/c1-19(2,3)26-18(25)27-24-8-4-5-12(10-24)16-15-13-6-7-20-17(13)21-9-14(15)22-11-23-16/h6-7,9,11-12H,4-5,8,10H2,1-3H3,(H,22,23). The summed E-state index contributed by atoms with van der Waals surface area (Å²) < 4.78 is 5.26. The number of aromatic nitrogens is 4. The summed E-state index contributed by atoms with van der Waals surface area (Å²) in [6.07, 6.45) is 6.43. The van der Waals surface area contributed by atoms with E-state index in [0.717, 1.165) is 34.8 Å². The molecule has 1 aliphatic rings. The van der Waals surface area contributed by atoms with Crippen LogP contribution < -0.4 is 0 Å². The van der Waals surface area contributed by atoms with E-state index in [4.69, 9.17) is 9.57 Å². The van der Waals surface area contributed by atoms with Crippen LogP contribution in [-0.4, -0.2) is 49.8 Å². The summed E-state index contributed by atoms with van der Waals surface area (Å²) in [5, 5.41) is 3.70. The molecule has 8 nitrogen and oxygen atoms in total. The normalized spacial score (nSPS) is 18.7. The fourth-order valence-corrected chi connectivity index (χ4v) is 3.53. The summed E-state index contributed by atoms with van der Waals surface area (Å²) in [4.78, 5) is 33.8. The Balaban J connectivity index is 1.60. The van der Waals surface area contributed by atoms with Crippen molar-refractivity contribution >= 4 is 28.1 Å². The van der Waals surface area contributed by atoms with Crippen molar-refractivity contribution in [2.75, 3.05) is 13.1 Å². The molecule has 0 radical (unpaired) electrons. The van der Waals surface area contributed by atoms with Crippen LogP contribution in [0.5, 0.6) is 0 Å². The minimum absolute atomic E-state index is 0.173. The van der Waals surface area contributed by atoms with Gasteiger partial charge in [-0.1, -0.05) is 0 Å². The third kappa shape index (κ3) is 3.71. The van der Waals surface area contributed by atoms with Gasteiger partial charge in [-0.05, 0) is 39.7 Å². The molecule has 0 bridgehead atoms. The third-order valence-corrected chi connectivity index (χ3v) is 4.59. The SMILES string of the molecule is CC(C)(C)OC(=O)ON1CCCC(c2[nH]cnc3cnc4nccc4c23)C1. The molecule has 1 atom stereocenters. The Morgan fingerprint density at radius 1 is 1.30 bits per heavy atom. The number of carbonyl (C=O) groups is 1. The number of ether oxygens (including phenoxy) is 1. The van der Waals surface area contributed by atoms with Gasteiger partial charge < -0.3 is 14.6 Å². The van der Waals surface area contributed by atoms with Crippen LogP contribution in [0.4, 0.5) is 4.79 Å². The topological polar surface area (TPSA) is 93.2 Å². The Morgan fingerprint density at radius 3 is 2.96 bits per heavy atom. The Hall–Kier alpha value is -2.74. The number of nitrogens with one attached hydrogen (secondary N) is 1. The van der Waals surface area contributed by atoms with Crippen molar-refractivity contribution in [3.8, 4) is 0 Å². The zero-order valence-corrected chi connectivity index (χ0v) is 15.7. The molecule has 1 unspecified atom stereocenters. The Bertz CT molecular complexity index is 978. The first-order chi connectivity index (χ1) is 12.9. The zero-order valence-electron chi connectivity index (χ0n) is 15.7. The summed E-state index contributed by atoms with van der Waals surface area (Å²) >= 11 is 0. The number of pyridine rings is 1. The van der Waals surface area contributed by atoms with Gasteiger partial charge in [0.15, 0.2) is 5.65 Å². The lowest BCUT2D eigenvalue weighted by molar-refractivity contribution is -0.153. The first-order valence-electron chi connectivity index (χ1n) is 9.13. The van der Waals surface area contributed by atoms with E-state index in [9.17, 15) is 4.79 Å². The monoisotopic (exact) mass is 369 g/mol. The summed E-state index contributed by atoms with van der Waals surface area (Å²) in [5.41, 5.74) is 2.03. The van der Waals surface area contributed by atoms with Gasteiger partial charge in [-0.25, -0.2) is 19.7 Å². The lowest BCUT2D eigenvalue weighted by Gasteiger charge is -2.32. The fourth-order valence-electron chi connectivity index (χ4n) is 3.53. The highest BCUT2D eigenvalue weighted by molar-refractivity contribution is 6.04. The lowest BCUT2D eigenvalue weighted by atomic mass is 9.92. The average molecular weight is 369 g/mol. The van der Waals surface area contributed by atoms with Gasteiger partial charge in [-0.3, -0.25) is 0 Å². The predicted molar refractivity (Wildman–Crippen MR) is 100 cm³/mol. The number of nitrogens with zero attached hydrogens (tertiary/aromatic N) is 4. The quantitative estimate of drug-likeness (QED) is 0.690. The van der Waals surface area contributed by atoms with Crippen molar-refractivity contribution in [3.63, 3.8) is 0 Å². The highest BCUT2D eigenvalue weighted by atomic mass is 16.8. The zero-order chi connectivity index (χ0) is 19.0. The number of fused-ring (bicyclic) bond motifs is 3. The molecule has 0 aromatic carbocycles. The first kappa shape index (κ1) is 17.7. The smallest absolute Gasteiger partial charge is 0.427 e. The minimum atomic E-state index is -0.668. The van der Waals surface area contributed by atoms with E-state index in [2.05, 4.69) is 19.9 Å². The van der Waals surface area contributed by atoms with Crippen LogP contribution in [0.25, 0.3) is 21.9 Å². The first-order valence-corrected chi connectivity index (χ1v) is 9.13. The van der Waals surface area contributed by atoms with Crippen molar-refractivity contribution in [2.24, 2.45) is 0 Å². The molecule has 1 N–H and O–H groups in total. The molecule has 0 amide bonds. The number of aromatic amines is 1. The molecule has 0 aliphatic carbocycles. The lowest BCUT2D eigenvalue weighted by Crippen LogP contribution is -2.38. The van der Waals surface area contributed by atoms with Crippen molar-refractivity contribution in [1.82, 2.24) is 25.0 Å². The van der Waals surface area contributed by atoms with Crippen LogP contribution in [-0.2, 0) is 9.57 Å². The van der Waals surface area contributed by atoms with Crippen LogP contribution in [0.3, 0.4) is 0 Å². The summed E-state index contributed by atoms with van der Waals surface area (Å²) in [5.74, 6) is 0.173. The van der Waals surface area contributed by atoms with Gasteiger partial charge in [0, 0.05) is 41.7 Å². The minimum Gasteiger partial charge on any atom is -0.427 e. The van der Waals surface area contributed by atoms with Gasteiger partial charge in [0.1, 0.15) is 5.60 Å². The molecule has 8 heteroatoms.